The third-order valence-electron chi connectivity index (χ3n) is 5.09. The molecule has 4 rings (SSSR count). The highest BCUT2D eigenvalue weighted by Gasteiger charge is 2.13. The van der Waals surface area contributed by atoms with Crippen LogP contribution in [0.2, 0.25) is 0 Å². The standard InChI is InChI=1S/C23H24N2O2/c1-17-15-20(25-11-13-27-14-12-25)9-10-22(17)24-23(26)16-19-7-4-6-18-5-2-3-8-21(18)19/h2-10,15H,11-14,16H2,1H3,(H,24,26). The third kappa shape index (κ3) is 3.96. The minimum atomic E-state index is 0.00794. The van der Waals surface area contributed by atoms with E-state index in [1.165, 1.54) is 5.69 Å². The van der Waals surface area contributed by atoms with Crippen molar-refractivity contribution in [3.8, 4) is 0 Å². The van der Waals surface area contributed by atoms with Crippen LogP contribution >= 0.6 is 0 Å². The molecule has 1 N–H and O–H groups in total. The van der Waals surface area contributed by atoms with Gasteiger partial charge >= 0.3 is 0 Å². The summed E-state index contributed by atoms with van der Waals surface area (Å²) in [6, 6.07) is 20.5. The number of morpholine rings is 1. The normalized spacial score (nSPS) is 14.3. The van der Waals surface area contributed by atoms with E-state index in [1.807, 2.05) is 37.3 Å². The lowest BCUT2D eigenvalue weighted by atomic mass is 10.0. The minimum Gasteiger partial charge on any atom is -0.378 e. The molecule has 0 aliphatic carbocycles. The smallest absolute Gasteiger partial charge is 0.228 e. The second-order valence-corrected chi connectivity index (χ2v) is 6.96. The maximum atomic E-state index is 12.6. The van der Waals surface area contributed by atoms with Gasteiger partial charge < -0.3 is 15.0 Å². The van der Waals surface area contributed by atoms with Crippen molar-refractivity contribution in [3.05, 3.63) is 71.8 Å². The molecule has 138 valence electrons. The zero-order valence-electron chi connectivity index (χ0n) is 15.6. The van der Waals surface area contributed by atoms with Gasteiger partial charge in [-0.25, -0.2) is 0 Å². The summed E-state index contributed by atoms with van der Waals surface area (Å²) in [6.07, 6.45) is 0.367. The lowest BCUT2D eigenvalue weighted by Gasteiger charge is -2.29. The van der Waals surface area contributed by atoms with E-state index in [4.69, 9.17) is 4.74 Å². The zero-order valence-corrected chi connectivity index (χ0v) is 15.6. The SMILES string of the molecule is Cc1cc(N2CCOCC2)ccc1NC(=O)Cc1cccc2ccccc12. The molecule has 1 heterocycles. The molecule has 1 aliphatic heterocycles. The second kappa shape index (κ2) is 7.80. The predicted molar refractivity (Wildman–Crippen MR) is 110 cm³/mol. The van der Waals surface area contributed by atoms with Crippen molar-refractivity contribution < 1.29 is 9.53 Å². The number of rotatable bonds is 4. The maximum Gasteiger partial charge on any atom is 0.228 e. The summed E-state index contributed by atoms with van der Waals surface area (Å²) in [4.78, 5) is 14.9. The van der Waals surface area contributed by atoms with Gasteiger partial charge in [-0.2, -0.15) is 0 Å². The van der Waals surface area contributed by atoms with Gasteiger partial charge in [0.1, 0.15) is 0 Å². The van der Waals surface area contributed by atoms with E-state index < -0.39 is 0 Å². The molecule has 3 aromatic carbocycles. The van der Waals surface area contributed by atoms with Crippen LogP contribution in [0.15, 0.2) is 60.7 Å². The van der Waals surface area contributed by atoms with Crippen LogP contribution in [0, 0.1) is 6.92 Å². The van der Waals surface area contributed by atoms with Crippen LogP contribution in [-0.2, 0) is 16.0 Å². The third-order valence-corrected chi connectivity index (χ3v) is 5.09. The van der Waals surface area contributed by atoms with E-state index in [0.29, 0.717) is 6.42 Å². The van der Waals surface area contributed by atoms with Gasteiger partial charge in [-0.05, 0) is 47.0 Å². The Morgan fingerprint density at radius 2 is 1.81 bits per heavy atom. The van der Waals surface area contributed by atoms with Crippen LogP contribution in [0.1, 0.15) is 11.1 Å². The number of hydrogen-bond acceptors (Lipinski definition) is 3. The Bertz CT molecular complexity index is 956. The number of amides is 1. The first kappa shape index (κ1) is 17.6. The molecule has 0 atom stereocenters. The van der Waals surface area contributed by atoms with Crippen molar-refractivity contribution in [1.29, 1.82) is 0 Å². The van der Waals surface area contributed by atoms with Crippen LogP contribution in [0.4, 0.5) is 11.4 Å². The van der Waals surface area contributed by atoms with Crippen LogP contribution < -0.4 is 10.2 Å². The van der Waals surface area contributed by atoms with Gasteiger partial charge in [-0.15, -0.1) is 0 Å². The molecular formula is C23H24N2O2. The average Bonchev–Trinajstić information content (AvgIpc) is 2.70. The van der Waals surface area contributed by atoms with Crippen molar-refractivity contribution in [2.75, 3.05) is 36.5 Å². The van der Waals surface area contributed by atoms with Gasteiger partial charge in [0.2, 0.25) is 5.91 Å². The minimum absolute atomic E-state index is 0.00794. The summed E-state index contributed by atoms with van der Waals surface area (Å²) in [5.41, 5.74) is 4.18. The number of fused-ring (bicyclic) bond motifs is 1. The summed E-state index contributed by atoms with van der Waals surface area (Å²) < 4.78 is 5.42. The molecule has 1 aliphatic rings. The quantitative estimate of drug-likeness (QED) is 0.759. The molecule has 3 aromatic rings. The molecule has 4 nitrogen and oxygen atoms in total. The van der Waals surface area contributed by atoms with Crippen molar-refractivity contribution in [1.82, 2.24) is 0 Å². The largest absolute Gasteiger partial charge is 0.378 e. The Kier molecular flexibility index (Phi) is 5.07. The molecule has 0 spiro atoms. The number of hydrogen-bond donors (Lipinski definition) is 1. The van der Waals surface area contributed by atoms with Crippen molar-refractivity contribution >= 4 is 28.1 Å². The summed E-state index contributed by atoms with van der Waals surface area (Å²) in [7, 11) is 0. The van der Waals surface area contributed by atoms with Gasteiger partial charge in [0.25, 0.3) is 0 Å². The Morgan fingerprint density at radius 3 is 2.63 bits per heavy atom. The maximum absolute atomic E-state index is 12.6. The fourth-order valence-electron chi connectivity index (χ4n) is 3.62. The fourth-order valence-corrected chi connectivity index (χ4v) is 3.62. The number of carbonyl (C=O) groups is 1. The highest BCUT2D eigenvalue weighted by Crippen LogP contribution is 2.24. The number of nitrogens with one attached hydrogen (secondary N) is 1. The summed E-state index contributed by atoms with van der Waals surface area (Å²) >= 11 is 0. The van der Waals surface area contributed by atoms with Gasteiger partial charge in [0, 0.05) is 24.5 Å². The van der Waals surface area contributed by atoms with E-state index in [0.717, 1.165) is 53.9 Å². The number of aryl methyl sites for hydroxylation is 1. The first-order valence-corrected chi connectivity index (χ1v) is 9.40. The number of nitrogens with zero attached hydrogens (tertiary/aromatic N) is 1. The number of carbonyl (C=O) groups excluding carboxylic acids is 1. The molecule has 27 heavy (non-hydrogen) atoms. The second-order valence-electron chi connectivity index (χ2n) is 6.96. The van der Waals surface area contributed by atoms with E-state index >= 15 is 0 Å². The molecular weight excluding hydrogens is 336 g/mol. The highest BCUT2D eigenvalue weighted by atomic mass is 16.5. The summed E-state index contributed by atoms with van der Waals surface area (Å²) in [5.74, 6) is 0.00794. The van der Waals surface area contributed by atoms with E-state index in [-0.39, 0.29) is 5.91 Å². The average molecular weight is 360 g/mol. The number of ether oxygens (including phenoxy) is 1. The fraction of sp³-hybridized carbons (Fsp3) is 0.261. The molecule has 1 amide bonds. The molecule has 0 bridgehead atoms. The van der Waals surface area contributed by atoms with Crippen molar-refractivity contribution in [2.24, 2.45) is 0 Å². The molecule has 0 aromatic heterocycles. The first-order chi connectivity index (χ1) is 13.2. The Labute approximate surface area is 159 Å². The van der Waals surface area contributed by atoms with E-state index in [1.54, 1.807) is 0 Å². The van der Waals surface area contributed by atoms with Gasteiger partial charge in [0.15, 0.2) is 0 Å². The molecule has 4 heteroatoms. The predicted octanol–water partition coefficient (Wildman–Crippen LogP) is 4.17. The first-order valence-electron chi connectivity index (χ1n) is 9.40. The van der Waals surface area contributed by atoms with Crippen molar-refractivity contribution in [2.45, 2.75) is 13.3 Å². The lowest BCUT2D eigenvalue weighted by Crippen LogP contribution is -2.36. The number of benzene rings is 3. The molecule has 1 saturated heterocycles. The van der Waals surface area contributed by atoms with Crippen LogP contribution in [0.3, 0.4) is 0 Å². The Morgan fingerprint density at radius 1 is 1.04 bits per heavy atom. The lowest BCUT2D eigenvalue weighted by molar-refractivity contribution is -0.115. The Balaban J connectivity index is 1.47. The molecule has 1 fully saturated rings. The topological polar surface area (TPSA) is 41.6 Å². The summed E-state index contributed by atoms with van der Waals surface area (Å²) in [6.45, 7) is 5.39. The number of anilines is 2. The Hall–Kier alpha value is -2.85. The van der Waals surface area contributed by atoms with E-state index in [9.17, 15) is 4.79 Å². The zero-order chi connectivity index (χ0) is 18.6. The molecule has 0 radical (unpaired) electrons. The van der Waals surface area contributed by atoms with E-state index in [2.05, 4.69) is 40.5 Å². The van der Waals surface area contributed by atoms with Gasteiger partial charge in [-0.3, -0.25) is 4.79 Å². The van der Waals surface area contributed by atoms with Crippen LogP contribution in [-0.4, -0.2) is 32.2 Å². The summed E-state index contributed by atoms with van der Waals surface area (Å²) in [5, 5.41) is 5.37. The van der Waals surface area contributed by atoms with Crippen LogP contribution in [0.5, 0.6) is 0 Å². The molecule has 0 unspecified atom stereocenters. The van der Waals surface area contributed by atoms with Gasteiger partial charge in [0.05, 0.1) is 19.6 Å². The van der Waals surface area contributed by atoms with Crippen LogP contribution in [0.25, 0.3) is 10.8 Å². The monoisotopic (exact) mass is 360 g/mol. The molecule has 0 saturated carbocycles. The van der Waals surface area contributed by atoms with Gasteiger partial charge in [-0.1, -0.05) is 42.5 Å². The highest BCUT2D eigenvalue weighted by molar-refractivity contribution is 5.96. The van der Waals surface area contributed by atoms with Crippen molar-refractivity contribution in [3.63, 3.8) is 0 Å².